The monoisotopic (exact) mass is 223 g/mol. The lowest BCUT2D eigenvalue weighted by molar-refractivity contribution is 0.112. The van der Waals surface area contributed by atoms with Gasteiger partial charge in [0.1, 0.15) is 0 Å². The fourth-order valence-corrected chi connectivity index (χ4v) is 3.70. The van der Waals surface area contributed by atoms with E-state index in [0.717, 1.165) is 17.8 Å². The van der Waals surface area contributed by atoms with Gasteiger partial charge in [-0.3, -0.25) is 0 Å². The normalized spacial score (nSPS) is 30.2. The Morgan fingerprint density at radius 3 is 2.00 bits per heavy atom. The summed E-state index contributed by atoms with van der Waals surface area (Å²) in [4.78, 5) is 0. The Bertz CT molecular complexity index is 205. The Labute approximate surface area is 101 Å². The standard InChI is InChI=1S/C15H29N/c1-12(14-6-10-16-11-7-14)13-4-8-15(2,3)9-5-13/h12-14,16H,4-11H2,1-3H3. The third-order valence-electron chi connectivity index (χ3n) is 5.25. The van der Waals surface area contributed by atoms with E-state index in [-0.39, 0.29) is 0 Å². The lowest BCUT2D eigenvalue weighted by Gasteiger charge is -2.40. The van der Waals surface area contributed by atoms with Crippen LogP contribution < -0.4 is 5.32 Å². The van der Waals surface area contributed by atoms with Crippen molar-refractivity contribution in [2.24, 2.45) is 23.2 Å². The summed E-state index contributed by atoms with van der Waals surface area (Å²) in [6, 6.07) is 0. The van der Waals surface area contributed by atoms with Gasteiger partial charge in [0.05, 0.1) is 0 Å². The van der Waals surface area contributed by atoms with Gasteiger partial charge in [0.2, 0.25) is 0 Å². The second-order valence-corrected chi connectivity index (χ2v) is 6.95. The molecule has 0 bridgehead atoms. The predicted molar refractivity (Wildman–Crippen MR) is 70.5 cm³/mol. The molecular weight excluding hydrogens is 194 g/mol. The van der Waals surface area contributed by atoms with Crippen molar-refractivity contribution in [3.05, 3.63) is 0 Å². The highest BCUT2D eigenvalue weighted by atomic mass is 14.9. The van der Waals surface area contributed by atoms with Gasteiger partial charge in [-0.25, -0.2) is 0 Å². The van der Waals surface area contributed by atoms with Gasteiger partial charge in [0.25, 0.3) is 0 Å². The molecule has 1 unspecified atom stereocenters. The summed E-state index contributed by atoms with van der Waals surface area (Å²) >= 11 is 0. The lowest BCUT2D eigenvalue weighted by Crippen LogP contribution is -2.35. The van der Waals surface area contributed by atoms with E-state index in [2.05, 4.69) is 26.1 Å². The van der Waals surface area contributed by atoms with Gasteiger partial charge in [-0.2, -0.15) is 0 Å². The van der Waals surface area contributed by atoms with E-state index in [9.17, 15) is 0 Å². The molecule has 2 rings (SSSR count). The van der Waals surface area contributed by atoms with Crippen LogP contribution in [0.15, 0.2) is 0 Å². The Morgan fingerprint density at radius 2 is 1.44 bits per heavy atom. The first-order chi connectivity index (χ1) is 7.58. The van der Waals surface area contributed by atoms with Crippen molar-refractivity contribution in [2.45, 2.75) is 59.3 Å². The molecule has 1 N–H and O–H groups in total. The lowest BCUT2D eigenvalue weighted by atomic mass is 9.66. The third kappa shape index (κ3) is 3.00. The molecule has 1 atom stereocenters. The van der Waals surface area contributed by atoms with Crippen molar-refractivity contribution in [1.82, 2.24) is 5.32 Å². The van der Waals surface area contributed by atoms with Crippen LogP contribution in [0, 0.1) is 23.2 Å². The van der Waals surface area contributed by atoms with Gasteiger partial charge < -0.3 is 5.32 Å². The summed E-state index contributed by atoms with van der Waals surface area (Å²) < 4.78 is 0. The minimum atomic E-state index is 0.629. The van der Waals surface area contributed by atoms with Crippen molar-refractivity contribution in [3.63, 3.8) is 0 Å². The number of hydrogen-bond donors (Lipinski definition) is 1. The molecule has 1 heterocycles. The first-order valence-electron chi connectivity index (χ1n) is 7.29. The molecule has 0 aromatic heterocycles. The molecule has 0 aromatic carbocycles. The van der Waals surface area contributed by atoms with Crippen molar-refractivity contribution in [2.75, 3.05) is 13.1 Å². The average Bonchev–Trinajstić information content (AvgIpc) is 2.29. The van der Waals surface area contributed by atoms with Crippen LogP contribution in [0.25, 0.3) is 0 Å². The Morgan fingerprint density at radius 1 is 0.938 bits per heavy atom. The van der Waals surface area contributed by atoms with Gasteiger partial charge in [0.15, 0.2) is 0 Å². The molecular formula is C15H29N. The van der Waals surface area contributed by atoms with Crippen molar-refractivity contribution in [1.29, 1.82) is 0 Å². The van der Waals surface area contributed by atoms with Crippen LogP contribution in [0.5, 0.6) is 0 Å². The maximum atomic E-state index is 3.49. The van der Waals surface area contributed by atoms with Crippen LogP contribution in [0.3, 0.4) is 0 Å². The zero-order valence-electron chi connectivity index (χ0n) is 11.4. The molecule has 1 aliphatic heterocycles. The van der Waals surface area contributed by atoms with E-state index in [1.807, 2.05) is 0 Å². The molecule has 16 heavy (non-hydrogen) atoms. The smallest absolute Gasteiger partial charge is 0.00462 e. The molecule has 94 valence electrons. The van der Waals surface area contributed by atoms with Crippen LogP contribution >= 0.6 is 0 Å². The third-order valence-corrected chi connectivity index (χ3v) is 5.25. The molecule has 2 fully saturated rings. The van der Waals surface area contributed by atoms with Crippen LogP contribution in [0.1, 0.15) is 59.3 Å². The van der Waals surface area contributed by atoms with Crippen LogP contribution in [0.2, 0.25) is 0 Å². The molecule has 1 saturated heterocycles. The number of piperidine rings is 1. The average molecular weight is 223 g/mol. The van der Waals surface area contributed by atoms with Gasteiger partial charge in [-0.1, -0.05) is 20.8 Å². The summed E-state index contributed by atoms with van der Waals surface area (Å²) in [7, 11) is 0. The zero-order chi connectivity index (χ0) is 11.6. The molecule has 0 amide bonds. The highest BCUT2D eigenvalue weighted by molar-refractivity contribution is 4.84. The summed E-state index contributed by atoms with van der Waals surface area (Å²) in [5.41, 5.74) is 0.629. The molecule has 0 aromatic rings. The van der Waals surface area contributed by atoms with E-state index in [1.54, 1.807) is 0 Å². The predicted octanol–water partition coefficient (Wildman–Crippen LogP) is 3.84. The van der Waals surface area contributed by atoms with E-state index in [0.29, 0.717) is 5.41 Å². The van der Waals surface area contributed by atoms with Crippen molar-refractivity contribution in [3.8, 4) is 0 Å². The quantitative estimate of drug-likeness (QED) is 0.750. The first-order valence-corrected chi connectivity index (χ1v) is 7.29. The summed E-state index contributed by atoms with van der Waals surface area (Å²) in [5, 5.41) is 3.49. The molecule has 1 nitrogen and oxygen atoms in total. The van der Waals surface area contributed by atoms with E-state index in [4.69, 9.17) is 0 Å². The minimum Gasteiger partial charge on any atom is -0.317 e. The van der Waals surface area contributed by atoms with E-state index < -0.39 is 0 Å². The van der Waals surface area contributed by atoms with E-state index >= 15 is 0 Å². The van der Waals surface area contributed by atoms with Gasteiger partial charge in [-0.05, 0) is 74.8 Å². The van der Waals surface area contributed by atoms with Crippen LogP contribution in [-0.4, -0.2) is 13.1 Å². The molecule has 1 saturated carbocycles. The largest absolute Gasteiger partial charge is 0.317 e. The van der Waals surface area contributed by atoms with Crippen molar-refractivity contribution < 1.29 is 0 Å². The van der Waals surface area contributed by atoms with Crippen LogP contribution in [-0.2, 0) is 0 Å². The Balaban J connectivity index is 1.83. The summed E-state index contributed by atoms with van der Waals surface area (Å²) in [6.07, 6.45) is 8.71. The molecule has 0 spiro atoms. The fraction of sp³-hybridized carbons (Fsp3) is 1.00. The maximum Gasteiger partial charge on any atom is -0.00462 e. The SMILES string of the molecule is CC(C1CCNCC1)C1CCC(C)(C)CC1. The summed E-state index contributed by atoms with van der Waals surface area (Å²) in [5.74, 6) is 3.00. The van der Waals surface area contributed by atoms with Gasteiger partial charge in [0, 0.05) is 0 Å². The number of hydrogen-bond acceptors (Lipinski definition) is 1. The number of nitrogens with one attached hydrogen (secondary N) is 1. The first kappa shape index (κ1) is 12.4. The second-order valence-electron chi connectivity index (χ2n) is 6.95. The summed E-state index contributed by atoms with van der Waals surface area (Å²) in [6.45, 7) is 9.93. The molecule has 0 radical (unpaired) electrons. The van der Waals surface area contributed by atoms with Crippen molar-refractivity contribution >= 4 is 0 Å². The topological polar surface area (TPSA) is 12.0 Å². The fourth-order valence-electron chi connectivity index (χ4n) is 3.70. The minimum absolute atomic E-state index is 0.629. The Kier molecular flexibility index (Phi) is 3.94. The highest BCUT2D eigenvalue weighted by Crippen LogP contribution is 2.43. The van der Waals surface area contributed by atoms with Gasteiger partial charge >= 0.3 is 0 Å². The zero-order valence-corrected chi connectivity index (χ0v) is 11.4. The van der Waals surface area contributed by atoms with Gasteiger partial charge in [-0.15, -0.1) is 0 Å². The maximum absolute atomic E-state index is 3.49. The molecule has 1 heteroatoms. The second kappa shape index (κ2) is 5.08. The molecule has 2 aliphatic rings. The highest BCUT2D eigenvalue weighted by Gasteiger charge is 2.32. The Hall–Kier alpha value is -0.0400. The molecule has 1 aliphatic carbocycles. The van der Waals surface area contributed by atoms with Crippen LogP contribution in [0.4, 0.5) is 0 Å². The van der Waals surface area contributed by atoms with E-state index in [1.165, 1.54) is 51.6 Å². The number of rotatable bonds is 2.